The number of hydrogen-bond donors (Lipinski definition) is 1. The van der Waals surface area contributed by atoms with E-state index in [0.717, 1.165) is 23.0 Å². The predicted octanol–water partition coefficient (Wildman–Crippen LogP) is 1.68. The molecular formula is C7H12N2S2. The van der Waals surface area contributed by atoms with Gasteiger partial charge in [-0.15, -0.1) is 11.3 Å². The molecule has 0 aliphatic rings. The van der Waals surface area contributed by atoms with E-state index in [4.69, 9.17) is 0 Å². The van der Waals surface area contributed by atoms with E-state index in [1.807, 2.05) is 19.0 Å². The number of anilines is 1. The summed E-state index contributed by atoms with van der Waals surface area (Å²) >= 11 is 5.82. The summed E-state index contributed by atoms with van der Waals surface area (Å²) in [6, 6.07) is 0. The summed E-state index contributed by atoms with van der Waals surface area (Å²) in [5, 5.41) is 3.16. The predicted molar refractivity (Wildman–Crippen MR) is 54.0 cm³/mol. The topological polar surface area (TPSA) is 16.1 Å². The number of aryl methyl sites for hydroxylation is 1. The summed E-state index contributed by atoms with van der Waals surface area (Å²) in [5.41, 5.74) is 1.15. The lowest BCUT2D eigenvalue weighted by molar-refractivity contribution is 1.03. The third kappa shape index (κ3) is 2.38. The van der Waals surface area contributed by atoms with Gasteiger partial charge in [0.05, 0.1) is 5.69 Å². The first kappa shape index (κ1) is 8.87. The molecule has 0 saturated heterocycles. The van der Waals surface area contributed by atoms with Gasteiger partial charge < -0.3 is 4.90 Å². The second-order valence-corrected chi connectivity index (χ2v) is 3.77. The molecule has 0 unspecified atom stereocenters. The van der Waals surface area contributed by atoms with Crippen LogP contribution in [0.2, 0.25) is 0 Å². The monoisotopic (exact) mass is 188 g/mol. The quantitative estimate of drug-likeness (QED) is 0.727. The van der Waals surface area contributed by atoms with Crippen LogP contribution < -0.4 is 4.90 Å². The van der Waals surface area contributed by atoms with Gasteiger partial charge in [-0.3, -0.25) is 0 Å². The molecule has 0 atom stereocenters. The SMILES string of the molecule is CN(C)c1nc(CCS)cs1. The van der Waals surface area contributed by atoms with Crippen molar-refractivity contribution in [3.05, 3.63) is 11.1 Å². The van der Waals surface area contributed by atoms with Gasteiger partial charge in [-0.05, 0) is 12.2 Å². The summed E-state index contributed by atoms with van der Waals surface area (Å²) < 4.78 is 0. The number of thiazole rings is 1. The van der Waals surface area contributed by atoms with Crippen molar-refractivity contribution < 1.29 is 0 Å². The molecule has 0 aliphatic heterocycles. The van der Waals surface area contributed by atoms with Gasteiger partial charge in [0.1, 0.15) is 0 Å². The van der Waals surface area contributed by atoms with E-state index in [0.29, 0.717) is 0 Å². The number of hydrogen-bond acceptors (Lipinski definition) is 4. The summed E-state index contributed by atoms with van der Waals surface area (Å²) in [6.07, 6.45) is 0.966. The van der Waals surface area contributed by atoms with Crippen LogP contribution in [0.5, 0.6) is 0 Å². The van der Waals surface area contributed by atoms with Crippen molar-refractivity contribution in [2.24, 2.45) is 0 Å². The van der Waals surface area contributed by atoms with Gasteiger partial charge in [0.2, 0.25) is 0 Å². The third-order valence-electron chi connectivity index (χ3n) is 1.29. The lowest BCUT2D eigenvalue weighted by atomic mass is 10.4. The van der Waals surface area contributed by atoms with Crippen LogP contribution in [0.25, 0.3) is 0 Å². The van der Waals surface area contributed by atoms with Gasteiger partial charge in [-0.1, -0.05) is 0 Å². The Morgan fingerprint density at radius 3 is 2.82 bits per heavy atom. The van der Waals surface area contributed by atoms with E-state index < -0.39 is 0 Å². The van der Waals surface area contributed by atoms with Crippen LogP contribution in [0.15, 0.2) is 5.38 Å². The molecule has 0 aliphatic carbocycles. The highest BCUT2D eigenvalue weighted by Crippen LogP contribution is 2.18. The molecular weight excluding hydrogens is 176 g/mol. The van der Waals surface area contributed by atoms with E-state index in [9.17, 15) is 0 Å². The number of thiol groups is 1. The van der Waals surface area contributed by atoms with Gasteiger partial charge in [0, 0.05) is 19.5 Å². The Labute approximate surface area is 76.7 Å². The molecule has 0 bridgehead atoms. The molecule has 0 fully saturated rings. The molecule has 0 saturated carbocycles. The van der Waals surface area contributed by atoms with Gasteiger partial charge in [0.15, 0.2) is 5.13 Å². The molecule has 0 N–H and O–H groups in total. The standard InChI is InChI=1S/C7H12N2S2/c1-9(2)7-8-6(3-4-10)5-11-7/h5,10H,3-4H2,1-2H3. The van der Waals surface area contributed by atoms with Gasteiger partial charge in [-0.25, -0.2) is 4.98 Å². The number of rotatable bonds is 3. The smallest absolute Gasteiger partial charge is 0.184 e. The average molecular weight is 188 g/mol. The van der Waals surface area contributed by atoms with E-state index >= 15 is 0 Å². The van der Waals surface area contributed by atoms with Crippen LogP contribution in [0.1, 0.15) is 5.69 Å². The highest BCUT2D eigenvalue weighted by molar-refractivity contribution is 7.80. The lowest BCUT2D eigenvalue weighted by Gasteiger charge is -2.05. The minimum atomic E-state index is 0.872. The highest BCUT2D eigenvalue weighted by Gasteiger charge is 2.01. The van der Waals surface area contributed by atoms with E-state index in [1.54, 1.807) is 11.3 Å². The Bertz CT molecular complexity index is 220. The Kier molecular flexibility index (Phi) is 3.20. The fourth-order valence-electron chi connectivity index (χ4n) is 0.731. The molecule has 1 heterocycles. The Balaban J connectivity index is 2.66. The van der Waals surface area contributed by atoms with Crippen LogP contribution in [0, 0.1) is 0 Å². The summed E-state index contributed by atoms with van der Waals surface area (Å²) in [5.74, 6) is 0.872. The molecule has 0 spiro atoms. The molecule has 1 rings (SSSR count). The lowest BCUT2D eigenvalue weighted by Crippen LogP contribution is -2.08. The van der Waals surface area contributed by atoms with Crippen molar-refractivity contribution in [1.29, 1.82) is 0 Å². The second-order valence-electron chi connectivity index (χ2n) is 2.49. The molecule has 11 heavy (non-hydrogen) atoms. The second kappa shape index (κ2) is 3.97. The maximum Gasteiger partial charge on any atom is 0.184 e. The largest absolute Gasteiger partial charge is 0.354 e. The van der Waals surface area contributed by atoms with Gasteiger partial charge in [-0.2, -0.15) is 12.6 Å². The average Bonchev–Trinajstić information content (AvgIpc) is 2.37. The zero-order chi connectivity index (χ0) is 8.27. The van der Waals surface area contributed by atoms with Crippen LogP contribution in [-0.2, 0) is 6.42 Å². The first-order valence-corrected chi connectivity index (χ1v) is 4.98. The van der Waals surface area contributed by atoms with Crippen molar-refractivity contribution in [1.82, 2.24) is 4.98 Å². The maximum absolute atomic E-state index is 4.40. The maximum atomic E-state index is 4.40. The Morgan fingerprint density at radius 2 is 2.36 bits per heavy atom. The number of aromatic nitrogens is 1. The number of nitrogens with zero attached hydrogens (tertiary/aromatic N) is 2. The fourth-order valence-corrected chi connectivity index (χ4v) is 1.75. The van der Waals surface area contributed by atoms with E-state index in [2.05, 4.69) is 23.0 Å². The molecule has 62 valence electrons. The highest BCUT2D eigenvalue weighted by atomic mass is 32.1. The normalized spacial score (nSPS) is 10.1. The zero-order valence-electron chi connectivity index (χ0n) is 6.74. The van der Waals surface area contributed by atoms with Crippen molar-refractivity contribution in [3.8, 4) is 0 Å². The summed E-state index contributed by atoms with van der Waals surface area (Å²) in [4.78, 5) is 6.42. The molecule has 2 nitrogen and oxygen atoms in total. The molecule has 1 aromatic rings. The fraction of sp³-hybridized carbons (Fsp3) is 0.571. The minimum Gasteiger partial charge on any atom is -0.354 e. The van der Waals surface area contributed by atoms with Crippen LogP contribution in [-0.4, -0.2) is 24.8 Å². The third-order valence-corrected chi connectivity index (χ3v) is 2.57. The minimum absolute atomic E-state index is 0.872. The molecule has 4 heteroatoms. The summed E-state index contributed by atoms with van der Waals surface area (Å²) in [7, 11) is 4.01. The first-order valence-electron chi connectivity index (χ1n) is 3.46. The van der Waals surface area contributed by atoms with Gasteiger partial charge in [0.25, 0.3) is 0 Å². The Hall–Kier alpha value is -0.220. The Morgan fingerprint density at radius 1 is 1.64 bits per heavy atom. The molecule has 0 amide bonds. The van der Waals surface area contributed by atoms with E-state index in [1.165, 1.54) is 0 Å². The van der Waals surface area contributed by atoms with Crippen molar-refractivity contribution in [2.45, 2.75) is 6.42 Å². The van der Waals surface area contributed by atoms with Crippen LogP contribution in [0.4, 0.5) is 5.13 Å². The van der Waals surface area contributed by atoms with Crippen LogP contribution in [0.3, 0.4) is 0 Å². The van der Waals surface area contributed by atoms with Crippen molar-refractivity contribution in [3.63, 3.8) is 0 Å². The molecule has 1 aromatic heterocycles. The van der Waals surface area contributed by atoms with Crippen molar-refractivity contribution in [2.75, 3.05) is 24.7 Å². The molecule has 0 aromatic carbocycles. The van der Waals surface area contributed by atoms with Gasteiger partial charge >= 0.3 is 0 Å². The first-order chi connectivity index (χ1) is 5.24. The van der Waals surface area contributed by atoms with E-state index in [-0.39, 0.29) is 0 Å². The zero-order valence-corrected chi connectivity index (χ0v) is 8.45. The molecule has 0 radical (unpaired) electrons. The van der Waals surface area contributed by atoms with Crippen molar-refractivity contribution >= 4 is 29.1 Å². The van der Waals surface area contributed by atoms with Crippen LogP contribution >= 0.6 is 24.0 Å². The summed E-state index contributed by atoms with van der Waals surface area (Å²) in [6.45, 7) is 0.